The fraction of sp³-hybridized carbons (Fsp3) is 0.167. The van der Waals surface area contributed by atoms with Crippen molar-refractivity contribution >= 4 is 22.9 Å². The second kappa shape index (κ2) is 4.53. The SMILES string of the molecule is Cc1cc(-c2ccsc2CN)c(Cl)cc1F. The summed E-state index contributed by atoms with van der Waals surface area (Å²) in [5.74, 6) is -0.279. The molecule has 0 aliphatic carbocycles. The van der Waals surface area contributed by atoms with E-state index in [9.17, 15) is 4.39 Å². The lowest BCUT2D eigenvalue weighted by Crippen LogP contribution is -1.95. The van der Waals surface area contributed by atoms with E-state index in [0.29, 0.717) is 17.1 Å². The molecule has 0 atom stereocenters. The number of nitrogens with two attached hydrogens (primary N) is 1. The van der Waals surface area contributed by atoms with E-state index < -0.39 is 0 Å². The van der Waals surface area contributed by atoms with Crippen LogP contribution < -0.4 is 5.73 Å². The highest BCUT2D eigenvalue weighted by Gasteiger charge is 2.11. The highest BCUT2D eigenvalue weighted by atomic mass is 35.5. The molecule has 2 aromatic rings. The minimum atomic E-state index is -0.279. The molecule has 16 heavy (non-hydrogen) atoms. The molecule has 1 heterocycles. The van der Waals surface area contributed by atoms with E-state index in [-0.39, 0.29) is 5.82 Å². The van der Waals surface area contributed by atoms with Crippen LogP contribution in [0.2, 0.25) is 5.02 Å². The monoisotopic (exact) mass is 255 g/mol. The number of aryl methyl sites for hydroxylation is 1. The summed E-state index contributed by atoms with van der Waals surface area (Å²) in [5.41, 5.74) is 8.08. The van der Waals surface area contributed by atoms with Crippen molar-refractivity contribution in [3.8, 4) is 11.1 Å². The van der Waals surface area contributed by atoms with Crippen LogP contribution in [0.15, 0.2) is 23.6 Å². The van der Waals surface area contributed by atoms with Crippen molar-refractivity contribution < 1.29 is 4.39 Å². The number of halogens is 2. The van der Waals surface area contributed by atoms with Gasteiger partial charge in [0.05, 0.1) is 5.02 Å². The first-order valence-electron chi connectivity index (χ1n) is 4.86. The van der Waals surface area contributed by atoms with Gasteiger partial charge in [0.25, 0.3) is 0 Å². The van der Waals surface area contributed by atoms with Gasteiger partial charge in [-0.3, -0.25) is 0 Å². The number of hydrogen-bond acceptors (Lipinski definition) is 2. The van der Waals surface area contributed by atoms with E-state index in [4.69, 9.17) is 17.3 Å². The average molecular weight is 256 g/mol. The Labute approximate surface area is 103 Å². The third-order valence-corrected chi connectivity index (χ3v) is 3.73. The van der Waals surface area contributed by atoms with Gasteiger partial charge in [-0.15, -0.1) is 11.3 Å². The van der Waals surface area contributed by atoms with Crippen LogP contribution in [-0.4, -0.2) is 0 Å². The van der Waals surface area contributed by atoms with E-state index in [0.717, 1.165) is 16.0 Å². The lowest BCUT2D eigenvalue weighted by molar-refractivity contribution is 0.619. The van der Waals surface area contributed by atoms with Crippen LogP contribution in [0.4, 0.5) is 4.39 Å². The standard InChI is InChI=1S/C12H11ClFNS/c1-7-4-9(10(13)5-11(7)14)8-2-3-16-12(8)6-15/h2-5H,6,15H2,1H3. The second-order valence-electron chi connectivity index (χ2n) is 3.54. The Kier molecular flexibility index (Phi) is 3.28. The molecule has 0 aliphatic heterocycles. The fourth-order valence-corrected chi connectivity index (χ4v) is 2.62. The molecule has 0 spiro atoms. The van der Waals surface area contributed by atoms with Gasteiger partial charge in [-0.1, -0.05) is 11.6 Å². The molecule has 1 nitrogen and oxygen atoms in total. The van der Waals surface area contributed by atoms with Crippen LogP contribution >= 0.6 is 22.9 Å². The van der Waals surface area contributed by atoms with E-state index in [1.54, 1.807) is 24.3 Å². The normalized spacial score (nSPS) is 10.8. The molecule has 0 unspecified atom stereocenters. The van der Waals surface area contributed by atoms with Crippen molar-refractivity contribution in [2.24, 2.45) is 5.73 Å². The Hall–Kier alpha value is -0.900. The fourth-order valence-electron chi connectivity index (χ4n) is 1.60. The zero-order valence-corrected chi connectivity index (χ0v) is 10.3. The molecule has 84 valence electrons. The summed E-state index contributed by atoms with van der Waals surface area (Å²) in [6.07, 6.45) is 0. The van der Waals surface area contributed by atoms with Crippen molar-refractivity contribution in [2.75, 3.05) is 0 Å². The van der Waals surface area contributed by atoms with Gasteiger partial charge in [0, 0.05) is 17.0 Å². The Morgan fingerprint density at radius 1 is 1.38 bits per heavy atom. The number of benzene rings is 1. The predicted octanol–water partition coefficient (Wildman–Crippen LogP) is 3.97. The van der Waals surface area contributed by atoms with Gasteiger partial charge in [0.2, 0.25) is 0 Å². The van der Waals surface area contributed by atoms with Crippen molar-refractivity contribution in [1.29, 1.82) is 0 Å². The highest BCUT2D eigenvalue weighted by Crippen LogP contribution is 2.34. The molecule has 0 saturated heterocycles. The van der Waals surface area contributed by atoms with Gasteiger partial charge in [-0.2, -0.15) is 0 Å². The Balaban J connectivity index is 2.60. The van der Waals surface area contributed by atoms with Crippen LogP contribution in [0.25, 0.3) is 11.1 Å². The molecule has 1 aromatic heterocycles. The summed E-state index contributed by atoms with van der Waals surface area (Å²) >= 11 is 7.63. The maximum atomic E-state index is 13.3. The number of thiophene rings is 1. The van der Waals surface area contributed by atoms with E-state index >= 15 is 0 Å². The number of hydrogen-bond donors (Lipinski definition) is 1. The van der Waals surface area contributed by atoms with Gasteiger partial charge in [0.1, 0.15) is 5.82 Å². The molecule has 0 fully saturated rings. The quantitative estimate of drug-likeness (QED) is 0.863. The van der Waals surface area contributed by atoms with E-state index in [1.807, 2.05) is 11.4 Å². The van der Waals surface area contributed by atoms with Crippen LogP contribution in [-0.2, 0) is 6.54 Å². The molecule has 2 rings (SSSR count). The van der Waals surface area contributed by atoms with Gasteiger partial charge < -0.3 is 5.73 Å². The summed E-state index contributed by atoms with van der Waals surface area (Å²) in [6.45, 7) is 2.20. The first kappa shape index (κ1) is 11.6. The molecule has 0 bridgehead atoms. The molecule has 0 radical (unpaired) electrons. The van der Waals surface area contributed by atoms with Gasteiger partial charge in [-0.05, 0) is 41.6 Å². The molecular weight excluding hydrogens is 245 g/mol. The maximum Gasteiger partial charge on any atom is 0.127 e. The third-order valence-electron chi connectivity index (χ3n) is 2.47. The lowest BCUT2D eigenvalue weighted by Gasteiger charge is -2.07. The largest absolute Gasteiger partial charge is 0.326 e. The summed E-state index contributed by atoms with van der Waals surface area (Å²) in [7, 11) is 0. The maximum absolute atomic E-state index is 13.3. The average Bonchev–Trinajstić information content (AvgIpc) is 2.71. The molecule has 1 aromatic carbocycles. The molecule has 0 amide bonds. The minimum absolute atomic E-state index is 0.279. The Morgan fingerprint density at radius 3 is 2.81 bits per heavy atom. The Morgan fingerprint density at radius 2 is 2.12 bits per heavy atom. The summed E-state index contributed by atoms with van der Waals surface area (Å²) in [4.78, 5) is 1.06. The van der Waals surface area contributed by atoms with E-state index in [2.05, 4.69) is 0 Å². The third kappa shape index (κ3) is 1.98. The van der Waals surface area contributed by atoms with Gasteiger partial charge >= 0.3 is 0 Å². The number of rotatable bonds is 2. The lowest BCUT2D eigenvalue weighted by atomic mass is 10.0. The molecule has 4 heteroatoms. The van der Waals surface area contributed by atoms with Crippen molar-refractivity contribution in [3.05, 3.63) is 44.9 Å². The first-order valence-corrected chi connectivity index (χ1v) is 6.11. The predicted molar refractivity (Wildman–Crippen MR) is 67.4 cm³/mol. The van der Waals surface area contributed by atoms with Gasteiger partial charge in [0.15, 0.2) is 0 Å². The topological polar surface area (TPSA) is 26.0 Å². The first-order chi connectivity index (χ1) is 7.63. The van der Waals surface area contributed by atoms with Gasteiger partial charge in [-0.25, -0.2) is 4.39 Å². The van der Waals surface area contributed by atoms with Crippen molar-refractivity contribution in [2.45, 2.75) is 13.5 Å². The molecular formula is C12H11ClFNS. The van der Waals surface area contributed by atoms with Crippen LogP contribution in [0.3, 0.4) is 0 Å². The van der Waals surface area contributed by atoms with Crippen LogP contribution in [0, 0.1) is 12.7 Å². The zero-order chi connectivity index (χ0) is 11.7. The molecule has 2 N–H and O–H groups in total. The second-order valence-corrected chi connectivity index (χ2v) is 4.95. The smallest absolute Gasteiger partial charge is 0.127 e. The van der Waals surface area contributed by atoms with Crippen LogP contribution in [0.1, 0.15) is 10.4 Å². The zero-order valence-electron chi connectivity index (χ0n) is 8.76. The molecule has 0 saturated carbocycles. The summed E-state index contributed by atoms with van der Waals surface area (Å²) in [6, 6.07) is 5.08. The molecule has 0 aliphatic rings. The summed E-state index contributed by atoms with van der Waals surface area (Å²) < 4.78 is 13.3. The minimum Gasteiger partial charge on any atom is -0.326 e. The summed E-state index contributed by atoms with van der Waals surface area (Å²) in [5, 5.41) is 2.39. The Bertz CT molecular complexity index is 522. The van der Waals surface area contributed by atoms with Crippen molar-refractivity contribution in [3.63, 3.8) is 0 Å². The van der Waals surface area contributed by atoms with Crippen LogP contribution in [0.5, 0.6) is 0 Å². The van der Waals surface area contributed by atoms with Crippen molar-refractivity contribution in [1.82, 2.24) is 0 Å². The van der Waals surface area contributed by atoms with E-state index in [1.165, 1.54) is 6.07 Å². The highest BCUT2D eigenvalue weighted by molar-refractivity contribution is 7.10.